The topological polar surface area (TPSA) is 66.8 Å². The summed E-state index contributed by atoms with van der Waals surface area (Å²) < 4.78 is 5.41. The van der Waals surface area contributed by atoms with Crippen molar-refractivity contribution in [3.05, 3.63) is 35.5 Å². The molecule has 0 saturated carbocycles. The van der Waals surface area contributed by atoms with E-state index in [9.17, 15) is 15.0 Å². The second-order valence-electron chi connectivity index (χ2n) is 7.57. The molecule has 0 aromatic rings. The molecule has 3 unspecified atom stereocenters. The van der Waals surface area contributed by atoms with Crippen molar-refractivity contribution in [2.45, 2.75) is 77.1 Å². The van der Waals surface area contributed by atoms with Gasteiger partial charge in [-0.15, -0.1) is 0 Å². The van der Waals surface area contributed by atoms with Crippen LogP contribution in [0.3, 0.4) is 0 Å². The molecule has 1 radical (unpaired) electrons. The van der Waals surface area contributed by atoms with Crippen LogP contribution in [0.25, 0.3) is 0 Å². The number of carbonyl (C=O) groups is 1. The Labute approximate surface area is 187 Å². The molecule has 1 heterocycles. The first-order valence-electron chi connectivity index (χ1n) is 8.82. The van der Waals surface area contributed by atoms with Crippen molar-refractivity contribution >= 4 is 5.97 Å². The van der Waals surface area contributed by atoms with Crippen LogP contribution in [0.4, 0.5) is 0 Å². The van der Waals surface area contributed by atoms with Crippen LogP contribution >= 0.6 is 0 Å². The minimum Gasteiger partial charge on any atom is -0.456 e. The molecule has 2 rings (SSSR count). The van der Waals surface area contributed by atoms with Gasteiger partial charge in [0.25, 0.3) is 0 Å². The van der Waals surface area contributed by atoms with Gasteiger partial charge in [-0.05, 0) is 59.3 Å². The van der Waals surface area contributed by atoms with Crippen molar-refractivity contribution in [1.82, 2.24) is 0 Å². The average molecular weight is 561 g/mol. The first kappa shape index (κ1) is 23.1. The normalized spacial score (nSPS) is 39.0. The van der Waals surface area contributed by atoms with Crippen LogP contribution in [-0.2, 0) is 9.53 Å². The molecular formula is C20H30AcO4. The third-order valence-electron chi connectivity index (χ3n) is 5.29. The summed E-state index contributed by atoms with van der Waals surface area (Å²) in [7, 11) is 0. The maximum Gasteiger partial charge on any atom is 0.334 e. The van der Waals surface area contributed by atoms with E-state index in [0.29, 0.717) is 24.8 Å². The quantitative estimate of drug-likeness (QED) is 0.270. The fourth-order valence-corrected chi connectivity index (χ4v) is 3.52. The fourth-order valence-electron chi connectivity index (χ4n) is 3.52. The van der Waals surface area contributed by atoms with Crippen molar-refractivity contribution in [1.29, 1.82) is 0 Å². The Hall–Kier alpha value is 0.0516. The van der Waals surface area contributed by atoms with Gasteiger partial charge in [0, 0.05) is 55.6 Å². The van der Waals surface area contributed by atoms with Gasteiger partial charge in [0.2, 0.25) is 0 Å². The molecular weight excluding hydrogens is 531 g/mol. The summed E-state index contributed by atoms with van der Waals surface area (Å²) in [6, 6.07) is 0. The van der Waals surface area contributed by atoms with Crippen LogP contribution in [0, 0.1) is 50.0 Å². The molecule has 137 valence electrons. The smallest absolute Gasteiger partial charge is 0.334 e. The molecule has 2 aliphatic rings. The molecule has 1 saturated heterocycles. The minimum atomic E-state index is -1.11. The van der Waals surface area contributed by atoms with Gasteiger partial charge in [0.1, 0.15) is 6.10 Å². The molecule has 0 aromatic heterocycles. The number of allylic oxidation sites excluding steroid dienone is 3. The fraction of sp³-hybridized carbons (Fsp3) is 0.650. The molecule has 5 heteroatoms. The van der Waals surface area contributed by atoms with Gasteiger partial charge in [0.15, 0.2) is 0 Å². The second kappa shape index (κ2) is 9.83. The van der Waals surface area contributed by atoms with E-state index < -0.39 is 23.8 Å². The van der Waals surface area contributed by atoms with Gasteiger partial charge in [0.05, 0.1) is 11.7 Å². The number of fused-ring (bicyclic) bond motifs is 2. The van der Waals surface area contributed by atoms with Crippen molar-refractivity contribution in [3.63, 3.8) is 0 Å². The van der Waals surface area contributed by atoms with Crippen LogP contribution in [0.1, 0.15) is 59.3 Å². The maximum atomic E-state index is 12.1. The third-order valence-corrected chi connectivity index (χ3v) is 5.29. The molecule has 0 amide bonds. The Morgan fingerprint density at radius 2 is 1.88 bits per heavy atom. The summed E-state index contributed by atoms with van der Waals surface area (Å²) >= 11 is 0. The first-order valence-corrected chi connectivity index (χ1v) is 8.82. The Balaban J connectivity index is 0.00000312. The van der Waals surface area contributed by atoms with Gasteiger partial charge in [-0.1, -0.05) is 29.9 Å². The second-order valence-corrected chi connectivity index (χ2v) is 7.57. The van der Waals surface area contributed by atoms with E-state index >= 15 is 0 Å². The van der Waals surface area contributed by atoms with E-state index in [4.69, 9.17) is 4.74 Å². The monoisotopic (exact) mass is 561 g/mol. The molecule has 0 spiro atoms. The standard InChI is InChI=1S/C20H30O4.Ac/c1-13-7-5-8-14(2)11-17(21)16-12-18(24-19(22)15(16)3)20(4,23)10-6-9-13;/h8-9,16-18,21,23H,3,5-7,10-12H2,1-2,4H3;/b13-9+,14-8+;/t16?,17?,18?,20-;/m0./s1. The van der Waals surface area contributed by atoms with E-state index in [1.807, 2.05) is 6.92 Å². The molecule has 2 N–H and O–H groups in total. The average Bonchev–Trinajstić information content (AvgIpc) is 2.48. The molecule has 4 atom stereocenters. The third kappa shape index (κ3) is 6.31. The Kier molecular flexibility index (Phi) is 9.08. The van der Waals surface area contributed by atoms with Gasteiger partial charge in [-0.3, -0.25) is 0 Å². The Morgan fingerprint density at radius 3 is 2.56 bits per heavy atom. The van der Waals surface area contributed by atoms with Gasteiger partial charge in [-0.25, -0.2) is 4.79 Å². The zero-order chi connectivity index (χ0) is 17.9. The summed E-state index contributed by atoms with van der Waals surface area (Å²) in [6.07, 6.45) is 7.11. The molecule has 2 bridgehead atoms. The zero-order valence-corrected chi connectivity index (χ0v) is 20.4. The van der Waals surface area contributed by atoms with Crippen LogP contribution in [0.5, 0.6) is 0 Å². The first-order chi connectivity index (χ1) is 11.2. The largest absolute Gasteiger partial charge is 0.456 e. The number of carbonyl (C=O) groups excluding carboxylic acids is 1. The van der Waals surface area contributed by atoms with Crippen molar-refractivity contribution in [2.24, 2.45) is 5.92 Å². The van der Waals surface area contributed by atoms with E-state index in [-0.39, 0.29) is 50.0 Å². The number of aliphatic hydroxyl groups excluding tert-OH is 1. The van der Waals surface area contributed by atoms with Crippen LogP contribution in [0.2, 0.25) is 0 Å². The van der Waals surface area contributed by atoms with Gasteiger partial charge in [-0.2, -0.15) is 0 Å². The van der Waals surface area contributed by atoms with Gasteiger partial charge < -0.3 is 14.9 Å². The van der Waals surface area contributed by atoms with Crippen molar-refractivity contribution in [2.75, 3.05) is 0 Å². The number of hydrogen-bond donors (Lipinski definition) is 2. The minimum absolute atomic E-state index is 0. The predicted octanol–water partition coefficient (Wildman–Crippen LogP) is 3.44. The number of rotatable bonds is 0. The Morgan fingerprint density at radius 1 is 1.24 bits per heavy atom. The molecule has 1 aliphatic carbocycles. The van der Waals surface area contributed by atoms with Crippen molar-refractivity contribution in [3.8, 4) is 0 Å². The molecule has 4 nitrogen and oxygen atoms in total. The summed E-state index contributed by atoms with van der Waals surface area (Å²) in [5.74, 6) is -0.873. The molecule has 0 aromatic carbocycles. The summed E-state index contributed by atoms with van der Waals surface area (Å²) in [5.41, 5.74) is 1.60. The molecule has 1 fully saturated rings. The SMILES string of the molecule is C=C1C(=O)OC2CC1C(O)C/C(C)=C/CC/C(C)=C/CC[C@]2(C)O.[Ac]. The maximum absolute atomic E-state index is 12.1. The predicted molar refractivity (Wildman–Crippen MR) is 94.4 cm³/mol. The van der Waals surface area contributed by atoms with Gasteiger partial charge >= 0.3 is 5.97 Å². The molecule has 1 aliphatic heterocycles. The van der Waals surface area contributed by atoms with Crippen LogP contribution < -0.4 is 0 Å². The van der Waals surface area contributed by atoms with Crippen LogP contribution in [-0.4, -0.2) is 34.0 Å². The molecule has 25 heavy (non-hydrogen) atoms. The van der Waals surface area contributed by atoms with E-state index in [1.54, 1.807) is 6.92 Å². The van der Waals surface area contributed by atoms with Crippen molar-refractivity contribution < 1.29 is 63.8 Å². The number of hydrogen-bond acceptors (Lipinski definition) is 4. The van der Waals surface area contributed by atoms with E-state index in [2.05, 4.69) is 25.7 Å². The number of ether oxygens (including phenoxy) is 1. The van der Waals surface area contributed by atoms with E-state index in [0.717, 1.165) is 24.8 Å². The Bertz CT molecular complexity index is 562. The summed E-state index contributed by atoms with van der Waals surface area (Å²) in [6.45, 7) is 9.62. The number of esters is 1. The summed E-state index contributed by atoms with van der Waals surface area (Å²) in [5, 5.41) is 21.4. The summed E-state index contributed by atoms with van der Waals surface area (Å²) in [4.78, 5) is 12.1. The zero-order valence-electron chi connectivity index (χ0n) is 15.6. The number of aliphatic hydroxyl groups is 2. The van der Waals surface area contributed by atoms with E-state index in [1.165, 1.54) is 5.57 Å². The van der Waals surface area contributed by atoms with Crippen LogP contribution in [0.15, 0.2) is 35.5 Å².